The van der Waals surface area contributed by atoms with Crippen LogP contribution in [0.4, 0.5) is 0 Å². The van der Waals surface area contributed by atoms with E-state index in [4.69, 9.17) is 9.47 Å². The van der Waals surface area contributed by atoms with Crippen molar-refractivity contribution in [3.63, 3.8) is 0 Å². The third-order valence-corrected chi connectivity index (χ3v) is 3.59. The fourth-order valence-corrected chi connectivity index (χ4v) is 2.28. The first-order valence-electron chi connectivity index (χ1n) is 7.09. The summed E-state index contributed by atoms with van der Waals surface area (Å²) in [5.74, 6) is 0.508. The summed E-state index contributed by atoms with van der Waals surface area (Å²) < 4.78 is 13.4. The number of aromatic nitrogens is 2. The number of esters is 1. The summed E-state index contributed by atoms with van der Waals surface area (Å²) >= 11 is 3.36. The molecule has 0 N–H and O–H groups in total. The van der Waals surface area contributed by atoms with Crippen LogP contribution in [0.3, 0.4) is 0 Å². The molecule has 0 bridgehead atoms. The molecule has 0 aliphatic heterocycles. The molecule has 0 unspecified atom stereocenters. The standard InChI is InChI=1S/C16H19BrN2O3/c1-12-11-13(2)19(18-12)8-7-16(20)22-10-9-21-15-5-3-14(17)4-6-15/h3-6,11H,7-10H2,1-2H3. The van der Waals surface area contributed by atoms with Gasteiger partial charge in [-0.3, -0.25) is 9.48 Å². The summed E-state index contributed by atoms with van der Waals surface area (Å²) in [5, 5.41) is 4.31. The average Bonchev–Trinajstić information content (AvgIpc) is 2.81. The lowest BCUT2D eigenvalue weighted by atomic mass is 10.3. The minimum Gasteiger partial charge on any atom is -0.490 e. The van der Waals surface area contributed by atoms with Crippen LogP contribution >= 0.6 is 15.9 Å². The van der Waals surface area contributed by atoms with Gasteiger partial charge in [0.25, 0.3) is 0 Å². The minimum atomic E-state index is -0.244. The molecule has 0 aliphatic carbocycles. The van der Waals surface area contributed by atoms with E-state index in [0.717, 1.165) is 21.6 Å². The number of hydrogen-bond donors (Lipinski definition) is 0. The third kappa shape index (κ3) is 5.18. The third-order valence-electron chi connectivity index (χ3n) is 3.06. The molecule has 0 saturated carbocycles. The SMILES string of the molecule is Cc1cc(C)n(CCC(=O)OCCOc2ccc(Br)cc2)n1. The maximum Gasteiger partial charge on any atom is 0.307 e. The van der Waals surface area contributed by atoms with Crippen molar-refractivity contribution in [1.82, 2.24) is 9.78 Å². The van der Waals surface area contributed by atoms with Gasteiger partial charge in [-0.05, 0) is 44.2 Å². The van der Waals surface area contributed by atoms with E-state index in [2.05, 4.69) is 21.0 Å². The second-order valence-corrected chi connectivity index (χ2v) is 5.84. The number of benzene rings is 1. The summed E-state index contributed by atoms with van der Waals surface area (Å²) in [6, 6.07) is 9.49. The first-order valence-corrected chi connectivity index (χ1v) is 7.89. The molecule has 6 heteroatoms. The Morgan fingerprint density at radius 3 is 2.59 bits per heavy atom. The van der Waals surface area contributed by atoms with Crippen LogP contribution in [0.2, 0.25) is 0 Å². The van der Waals surface area contributed by atoms with Gasteiger partial charge in [-0.1, -0.05) is 15.9 Å². The zero-order chi connectivity index (χ0) is 15.9. The Bertz CT molecular complexity index is 623. The second-order valence-electron chi connectivity index (χ2n) is 4.92. The van der Waals surface area contributed by atoms with E-state index in [1.807, 2.05) is 48.9 Å². The molecule has 0 saturated heterocycles. The van der Waals surface area contributed by atoms with Crippen LogP contribution in [-0.4, -0.2) is 29.0 Å². The van der Waals surface area contributed by atoms with Crippen molar-refractivity contribution in [2.75, 3.05) is 13.2 Å². The van der Waals surface area contributed by atoms with Gasteiger partial charge in [0.1, 0.15) is 19.0 Å². The molecular formula is C16H19BrN2O3. The van der Waals surface area contributed by atoms with E-state index in [0.29, 0.717) is 19.6 Å². The molecule has 0 spiro atoms. The quantitative estimate of drug-likeness (QED) is 0.557. The number of hydrogen-bond acceptors (Lipinski definition) is 4. The highest BCUT2D eigenvalue weighted by Gasteiger charge is 2.06. The zero-order valence-electron chi connectivity index (χ0n) is 12.7. The van der Waals surface area contributed by atoms with Crippen molar-refractivity contribution < 1.29 is 14.3 Å². The first kappa shape index (κ1) is 16.5. The monoisotopic (exact) mass is 366 g/mol. The van der Waals surface area contributed by atoms with Gasteiger partial charge in [0.2, 0.25) is 0 Å². The van der Waals surface area contributed by atoms with E-state index in [9.17, 15) is 4.79 Å². The Balaban J connectivity index is 1.63. The second kappa shape index (κ2) is 7.98. The summed E-state index contributed by atoms with van der Waals surface area (Å²) in [4.78, 5) is 11.7. The minimum absolute atomic E-state index is 0.242. The lowest BCUT2D eigenvalue weighted by molar-refractivity contribution is -0.144. The molecule has 1 aromatic carbocycles. The summed E-state index contributed by atoms with van der Waals surface area (Å²) in [7, 11) is 0. The van der Waals surface area contributed by atoms with Crippen LogP contribution < -0.4 is 4.74 Å². The van der Waals surface area contributed by atoms with Crippen LogP contribution in [0.5, 0.6) is 5.75 Å². The van der Waals surface area contributed by atoms with E-state index < -0.39 is 0 Å². The molecule has 0 radical (unpaired) electrons. The topological polar surface area (TPSA) is 53.4 Å². The van der Waals surface area contributed by atoms with Crippen molar-refractivity contribution in [3.05, 3.63) is 46.2 Å². The molecule has 0 fully saturated rings. The number of aryl methyl sites for hydroxylation is 3. The fourth-order valence-electron chi connectivity index (χ4n) is 2.02. The Morgan fingerprint density at radius 1 is 1.23 bits per heavy atom. The number of ether oxygens (including phenoxy) is 2. The van der Waals surface area contributed by atoms with Gasteiger partial charge in [0.15, 0.2) is 0 Å². The molecule has 22 heavy (non-hydrogen) atoms. The summed E-state index contributed by atoms with van der Waals surface area (Å²) in [6.45, 7) is 5.02. The number of halogens is 1. The highest BCUT2D eigenvalue weighted by molar-refractivity contribution is 9.10. The van der Waals surface area contributed by atoms with Crippen LogP contribution in [-0.2, 0) is 16.1 Å². The van der Waals surface area contributed by atoms with Crippen molar-refractivity contribution in [1.29, 1.82) is 0 Å². The number of nitrogens with zero attached hydrogens (tertiary/aromatic N) is 2. The molecule has 2 rings (SSSR count). The van der Waals surface area contributed by atoms with E-state index >= 15 is 0 Å². The van der Waals surface area contributed by atoms with Gasteiger partial charge in [-0.25, -0.2) is 0 Å². The molecular weight excluding hydrogens is 348 g/mol. The highest BCUT2D eigenvalue weighted by atomic mass is 79.9. The number of carbonyl (C=O) groups excluding carboxylic acids is 1. The van der Waals surface area contributed by atoms with Gasteiger partial charge in [-0.2, -0.15) is 5.10 Å². The smallest absolute Gasteiger partial charge is 0.307 e. The van der Waals surface area contributed by atoms with Crippen LogP contribution in [0.1, 0.15) is 17.8 Å². The predicted octanol–water partition coefficient (Wildman–Crippen LogP) is 3.27. The molecule has 0 atom stereocenters. The molecule has 1 heterocycles. The summed E-state index contributed by atoms with van der Waals surface area (Å²) in [6.07, 6.45) is 0.306. The maximum absolute atomic E-state index is 11.7. The lowest BCUT2D eigenvalue weighted by Gasteiger charge is -2.08. The summed E-state index contributed by atoms with van der Waals surface area (Å²) in [5.41, 5.74) is 2.00. The predicted molar refractivity (Wildman–Crippen MR) is 86.9 cm³/mol. The van der Waals surface area contributed by atoms with Crippen LogP contribution in [0.15, 0.2) is 34.8 Å². The Kier molecular flexibility index (Phi) is 6.00. The Hall–Kier alpha value is -1.82. The molecule has 5 nitrogen and oxygen atoms in total. The molecule has 1 aromatic heterocycles. The Labute approximate surface area is 138 Å². The van der Waals surface area contributed by atoms with Gasteiger partial charge in [0.05, 0.1) is 18.7 Å². The van der Waals surface area contributed by atoms with Gasteiger partial charge in [0, 0.05) is 10.2 Å². The van der Waals surface area contributed by atoms with E-state index in [1.165, 1.54) is 0 Å². The van der Waals surface area contributed by atoms with Crippen molar-refractivity contribution >= 4 is 21.9 Å². The molecule has 2 aromatic rings. The maximum atomic E-state index is 11.7. The van der Waals surface area contributed by atoms with Crippen molar-refractivity contribution in [2.45, 2.75) is 26.8 Å². The highest BCUT2D eigenvalue weighted by Crippen LogP contribution is 2.15. The molecule has 118 valence electrons. The van der Waals surface area contributed by atoms with Crippen LogP contribution in [0.25, 0.3) is 0 Å². The van der Waals surface area contributed by atoms with Gasteiger partial charge in [-0.15, -0.1) is 0 Å². The Morgan fingerprint density at radius 2 is 1.95 bits per heavy atom. The van der Waals surface area contributed by atoms with Crippen LogP contribution in [0, 0.1) is 13.8 Å². The lowest BCUT2D eigenvalue weighted by Crippen LogP contribution is -2.15. The van der Waals surface area contributed by atoms with E-state index in [-0.39, 0.29) is 12.6 Å². The normalized spacial score (nSPS) is 10.5. The zero-order valence-corrected chi connectivity index (χ0v) is 14.3. The molecule has 0 aliphatic rings. The van der Waals surface area contributed by atoms with Crippen molar-refractivity contribution in [3.8, 4) is 5.75 Å². The number of carbonyl (C=O) groups is 1. The van der Waals surface area contributed by atoms with Gasteiger partial charge >= 0.3 is 5.97 Å². The fraction of sp³-hybridized carbons (Fsp3) is 0.375. The van der Waals surface area contributed by atoms with Crippen molar-refractivity contribution in [2.24, 2.45) is 0 Å². The largest absolute Gasteiger partial charge is 0.490 e. The average molecular weight is 367 g/mol. The molecule has 0 amide bonds. The number of rotatable bonds is 7. The first-order chi connectivity index (χ1) is 10.5. The van der Waals surface area contributed by atoms with E-state index in [1.54, 1.807) is 0 Å². The van der Waals surface area contributed by atoms with Gasteiger partial charge < -0.3 is 9.47 Å².